The van der Waals surface area contributed by atoms with E-state index in [0.29, 0.717) is 5.75 Å². The molecule has 1 rings (SSSR count). The number of rotatable bonds is 7. The molecule has 16 heavy (non-hydrogen) atoms. The molecule has 0 atom stereocenters. The number of nitrogens with one attached hydrogen (secondary N) is 1. The second-order valence-electron chi connectivity index (χ2n) is 3.67. The third kappa shape index (κ3) is 4.73. The van der Waals surface area contributed by atoms with Crippen LogP contribution in [0.4, 0.5) is 0 Å². The minimum Gasteiger partial charge on any atom is -0.508 e. The zero-order chi connectivity index (χ0) is 11.8. The summed E-state index contributed by atoms with van der Waals surface area (Å²) >= 11 is 1.85. The zero-order valence-corrected chi connectivity index (χ0v) is 10.5. The molecule has 0 heterocycles. The quantitative estimate of drug-likeness (QED) is 0.565. The monoisotopic (exact) mass is 237 g/mol. The molecule has 0 fully saturated rings. The first kappa shape index (κ1) is 13.1. The Kier molecular flexibility index (Phi) is 6.04. The van der Waals surface area contributed by atoms with Crippen molar-refractivity contribution in [2.75, 3.05) is 18.1 Å². The van der Waals surface area contributed by atoms with E-state index in [4.69, 9.17) is 0 Å². The van der Waals surface area contributed by atoms with Gasteiger partial charge in [0.1, 0.15) is 5.75 Å². The van der Waals surface area contributed by atoms with Crippen molar-refractivity contribution in [3.8, 4) is 5.75 Å². The lowest BCUT2D eigenvalue weighted by Crippen LogP contribution is -2.16. The van der Waals surface area contributed by atoms with Crippen molar-refractivity contribution < 1.29 is 5.11 Å². The average Bonchev–Trinajstić information content (AvgIpc) is 2.28. The Morgan fingerprint density at radius 1 is 1.50 bits per heavy atom. The van der Waals surface area contributed by atoms with Crippen molar-refractivity contribution in [2.45, 2.75) is 13.5 Å². The van der Waals surface area contributed by atoms with Gasteiger partial charge in [0.2, 0.25) is 0 Å². The summed E-state index contributed by atoms with van der Waals surface area (Å²) < 4.78 is 0. The van der Waals surface area contributed by atoms with Gasteiger partial charge in [0, 0.05) is 30.2 Å². The number of hydrogen-bond donors (Lipinski definition) is 2. The normalized spacial score (nSPS) is 10.3. The van der Waals surface area contributed by atoms with Gasteiger partial charge in [-0.2, -0.15) is 11.8 Å². The summed E-state index contributed by atoms with van der Waals surface area (Å²) in [7, 11) is 0. The average molecular weight is 237 g/mol. The number of benzene rings is 1. The predicted octanol–water partition coefficient (Wildman–Crippen LogP) is 2.71. The molecule has 0 spiro atoms. The van der Waals surface area contributed by atoms with Crippen LogP contribution in [0.3, 0.4) is 0 Å². The highest BCUT2D eigenvalue weighted by Gasteiger charge is 2.00. The number of aryl methyl sites for hydroxylation is 1. The molecule has 1 aromatic rings. The van der Waals surface area contributed by atoms with Gasteiger partial charge < -0.3 is 10.4 Å². The molecule has 2 N–H and O–H groups in total. The Balaban J connectivity index is 2.26. The lowest BCUT2D eigenvalue weighted by Gasteiger charge is -2.07. The topological polar surface area (TPSA) is 32.3 Å². The minimum atomic E-state index is 0.372. The van der Waals surface area contributed by atoms with E-state index in [9.17, 15) is 5.11 Å². The molecule has 0 aliphatic heterocycles. The molecule has 1 aromatic carbocycles. The Hall–Kier alpha value is -0.930. The van der Waals surface area contributed by atoms with E-state index in [0.717, 1.165) is 30.2 Å². The summed E-state index contributed by atoms with van der Waals surface area (Å²) in [6.45, 7) is 7.38. The molecule has 2 nitrogen and oxygen atoms in total. The Morgan fingerprint density at radius 2 is 2.31 bits per heavy atom. The van der Waals surface area contributed by atoms with E-state index in [1.54, 1.807) is 6.07 Å². The molecule has 88 valence electrons. The highest BCUT2D eigenvalue weighted by atomic mass is 32.2. The van der Waals surface area contributed by atoms with Crippen LogP contribution < -0.4 is 5.32 Å². The van der Waals surface area contributed by atoms with Crippen LogP contribution in [0.5, 0.6) is 5.75 Å². The van der Waals surface area contributed by atoms with E-state index in [-0.39, 0.29) is 0 Å². The van der Waals surface area contributed by atoms with Crippen LogP contribution >= 0.6 is 11.8 Å². The lowest BCUT2D eigenvalue weighted by molar-refractivity contribution is 0.465. The molecular weight excluding hydrogens is 218 g/mol. The van der Waals surface area contributed by atoms with Crippen LogP contribution in [0.2, 0.25) is 0 Å². The third-order valence-electron chi connectivity index (χ3n) is 2.21. The van der Waals surface area contributed by atoms with Crippen molar-refractivity contribution in [3.05, 3.63) is 42.0 Å². The Labute approximate surface area is 102 Å². The van der Waals surface area contributed by atoms with Crippen LogP contribution in [0, 0.1) is 6.92 Å². The van der Waals surface area contributed by atoms with E-state index < -0.39 is 0 Å². The number of phenolic OH excluding ortho intramolecular Hbond substituents is 1. The van der Waals surface area contributed by atoms with Crippen molar-refractivity contribution in [1.82, 2.24) is 5.32 Å². The number of hydrogen-bond acceptors (Lipinski definition) is 3. The molecular formula is C13H19NOS. The summed E-state index contributed by atoms with van der Waals surface area (Å²) in [4.78, 5) is 0. The largest absolute Gasteiger partial charge is 0.508 e. The van der Waals surface area contributed by atoms with Crippen LogP contribution in [-0.2, 0) is 6.54 Å². The fraction of sp³-hybridized carbons (Fsp3) is 0.385. The van der Waals surface area contributed by atoms with Gasteiger partial charge >= 0.3 is 0 Å². The molecule has 0 unspecified atom stereocenters. The number of aromatic hydroxyl groups is 1. The van der Waals surface area contributed by atoms with Crippen LogP contribution in [0.15, 0.2) is 30.9 Å². The maximum atomic E-state index is 9.62. The predicted molar refractivity (Wildman–Crippen MR) is 72.1 cm³/mol. The first-order chi connectivity index (χ1) is 7.74. The van der Waals surface area contributed by atoms with Gasteiger partial charge in [0.05, 0.1) is 0 Å². The van der Waals surface area contributed by atoms with Gasteiger partial charge in [-0.05, 0) is 13.0 Å². The molecule has 0 amide bonds. The summed E-state index contributed by atoms with van der Waals surface area (Å²) in [5, 5.41) is 12.9. The second-order valence-corrected chi connectivity index (χ2v) is 4.82. The van der Waals surface area contributed by atoms with Crippen LogP contribution in [0.25, 0.3) is 0 Å². The van der Waals surface area contributed by atoms with Gasteiger partial charge in [-0.3, -0.25) is 0 Å². The first-order valence-electron chi connectivity index (χ1n) is 5.42. The highest BCUT2D eigenvalue weighted by molar-refractivity contribution is 7.99. The number of phenols is 1. The van der Waals surface area contributed by atoms with Crippen LogP contribution in [-0.4, -0.2) is 23.2 Å². The van der Waals surface area contributed by atoms with Crippen molar-refractivity contribution in [3.63, 3.8) is 0 Å². The van der Waals surface area contributed by atoms with Gasteiger partial charge in [-0.15, -0.1) is 6.58 Å². The second kappa shape index (κ2) is 7.36. The highest BCUT2D eigenvalue weighted by Crippen LogP contribution is 2.17. The molecule has 0 aliphatic rings. The fourth-order valence-corrected chi connectivity index (χ4v) is 2.01. The van der Waals surface area contributed by atoms with Crippen molar-refractivity contribution >= 4 is 11.8 Å². The van der Waals surface area contributed by atoms with Gasteiger partial charge in [-0.25, -0.2) is 0 Å². The van der Waals surface area contributed by atoms with E-state index in [1.165, 1.54) is 5.56 Å². The Morgan fingerprint density at radius 3 is 3.06 bits per heavy atom. The summed E-state index contributed by atoms with van der Waals surface area (Å²) in [6, 6.07) is 5.68. The molecule has 0 bridgehead atoms. The summed E-state index contributed by atoms with van der Waals surface area (Å²) in [6.07, 6.45) is 1.91. The standard InChI is InChI=1S/C13H19NOS/c1-3-7-16-8-6-14-10-12-9-11(2)4-5-13(12)15/h3-5,9,14-15H,1,6-8,10H2,2H3. The smallest absolute Gasteiger partial charge is 0.120 e. The zero-order valence-electron chi connectivity index (χ0n) is 9.70. The lowest BCUT2D eigenvalue weighted by atomic mass is 10.1. The molecule has 0 aliphatic carbocycles. The van der Waals surface area contributed by atoms with E-state index in [1.807, 2.05) is 36.9 Å². The first-order valence-corrected chi connectivity index (χ1v) is 6.57. The minimum absolute atomic E-state index is 0.372. The van der Waals surface area contributed by atoms with Crippen LogP contribution in [0.1, 0.15) is 11.1 Å². The maximum absolute atomic E-state index is 9.62. The molecule has 0 aromatic heterocycles. The van der Waals surface area contributed by atoms with Crippen molar-refractivity contribution in [1.29, 1.82) is 0 Å². The SMILES string of the molecule is C=CCSCCNCc1cc(C)ccc1O. The molecule has 0 radical (unpaired) electrons. The molecule has 0 saturated carbocycles. The van der Waals surface area contributed by atoms with E-state index >= 15 is 0 Å². The van der Waals surface area contributed by atoms with Gasteiger partial charge in [0.15, 0.2) is 0 Å². The fourth-order valence-electron chi connectivity index (χ4n) is 1.39. The van der Waals surface area contributed by atoms with Gasteiger partial charge in [-0.1, -0.05) is 23.8 Å². The summed E-state index contributed by atoms with van der Waals surface area (Å²) in [5.74, 6) is 2.44. The maximum Gasteiger partial charge on any atom is 0.120 e. The third-order valence-corrected chi connectivity index (χ3v) is 3.17. The van der Waals surface area contributed by atoms with E-state index in [2.05, 4.69) is 11.9 Å². The molecule has 0 saturated heterocycles. The summed E-state index contributed by atoms with van der Waals surface area (Å²) in [5.41, 5.74) is 2.14. The van der Waals surface area contributed by atoms with Crippen molar-refractivity contribution in [2.24, 2.45) is 0 Å². The van der Waals surface area contributed by atoms with Gasteiger partial charge in [0.25, 0.3) is 0 Å². The molecule has 3 heteroatoms. The Bertz CT molecular complexity index is 339. The number of thioether (sulfide) groups is 1.